The molecule has 8 rings (SSSR count). The third kappa shape index (κ3) is 5.23. The Labute approximate surface area is 283 Å². The molecule has 2 unspecified atom stereocenters. The zero-order valence-corrected chi connectivity index (χ0v) is 27.6. The van der Waals surface area contributed by atoms with Crippen LogP contribution in [0.5, 0.6) is 46.0 Å². The van der Waals surface area contributed by atoms with Gasteiger partial charge < -0.3 is 44.2 Å². The number of aldehydes is 1. The van der Waals surface area contributed by atoms with Crippen molar-refractivity contribution in [2.75, 3.05) is 41.5 Å². The molecule has 4 aromatic carbocycles. The second-order valence-corrected chi connectivity index (χ2v) is 12.6. The quantitative estimate of drug-likeness (QED) is 0.224. The number of phenolic OH excluding ortho intramolecular Hbond substituents is 1. The predicted octanol–water partition coefficient (Wildman–Crippen LogP) is 4.64. The molecule has 12 nitrogen and oxygen atoms in total. The average molecular weight is 671 g/mol. The van der Waals surface area contributed by atoms with Crippen LogP contribution in [0.25, 0.3) is 0 Å². The first-order valence-corrected chi connectivity index (χ1v) is 15.9. The molecule has 0 radical (unpaired) electrons. The van der Waals surface area contributed by atoms with Crippen molar-refractivity contribution in [3.05, 3.63) is 93.5 Å². The highest BCUT2D eigenvalue weighted by Crippen LogP contribution is 2.56. The van der Waals surface area contributed by atoms with Crippen LogP contribution in [0.3, 0.4) is 0 Å². The van der Waals surface area contributed by atoms with Gasteiger partial charge in [0.25, 0.3) is 0 Å². The number of hydrogen-bond donors (Lipinski definition) is 4. The van der Waals surface area contributed by atoms with E-state index in [-0.39, 0.29) is 59.3 Å². The molecule has 4 aliphatic rings. The van der Waals surface area contributed by atoms with Crippen molar-refractivity contribution in [2.24, 2.45) is 0 Å². The Morgan fingerprint density at radius 2 is 1.53 bits per heavy atom. The first kappa shape index (κ1) is 32.7. The fourth-order valence-electron chi connectivity index (χ4n) is 7.27. The van der Waals surface area contributed by atoms with Crippen LogP contribution in [0.2, 0.25) is 0 Å². The van der Waals surface area contributed by atoms with E-state index in [0.29, 0.717) is 70.7 Å². The molecule has 4 aliphatic heterocycles. The van der Waals surface area contributed by atoms with Crippen LogP contribution < -0.4 is 23.7 Å². The van der Waals surface area contributed by atoms with E-state index in [9.17, 15) is 25.3 Å². The SMILES string of the molecule is COc1ccc2cc1Oc1ccc(cc1)CC1(O)c3cc(c(C=O)cc3CCN1O)Oc1c(OC)c(OC)c(O)c3c1C(O)(C2)N(C)CC3. The normalized spacial score (nSPS) is 21.8. The van der Waals surface area contributed by atoms with Gasteiger partial charge in [0, 0.05) is 37.1 Å². The minimum absolute atomic E-state index is 0.00268. The summed E-state index contributed by atoms with van der Waals surface area (Å²) in [5, 5.41) is 48.5. The van der Waals surface area contributed by atoms with Crippen LogP contribution in [0, 0.1) is 0 Å². The number of fused-ring (bicyclic) bond motifs is 2. The molecule has 0 aliphatic carbocycles. The second-order valence-electron chi connectivity index (χ2n) is 12.6. The molecule has 0 saturated carbocycles. The van der Waals surface area contributed by atoms with E-state index < -0.39 is 11.4 Å². The molecule has 49 heavy (non-hydrogen) atoms. The van der Waals surface area contributed by atoms with Crippen LogP contribution in [0.4, 0.5) is 0 Å². The number of aromatic hydroxyl groups is 1. The van der Waals surface area contributed by atoms with Crippen molar-refractivity contribution in [3.63, 3.8) is 0 Å². The Hall–Kier alpha value is -4.85. The number of methoxy groups -OCH3 is 3. The summed E-state index contributed by atoms with van der Waals surface area (Å²) in [6.07, 6.45) is 1.35. The molecule has 0 saturated heterocycles. The summed E-state index contributed by atoms with van der Waals surface area (Å²) < 4.78 is 29.9. The summed E-state index contributed by atoms with van der Waals surface area (Å²) in [4.78, 5) is 14.3. The molecule has 4 N–H and O–H groups in total. The number of rotatable bonds is 4. The van der Waals surface area contributed by atoms with Crippen molar-refractivity contribution in [1.29, 1.82) is 0 Å². The number of carbonyl (C=O) groups is 1. The fraction of sp³-hybridized carbons (Fsp3) is 0.324. The van der Waals surface area contributed by atoms with E-state index in [1.54, 1.807) is 54.4 Å². The highest BCUT2D eigenvalue weighted by atomic mass is 16.5. The van der Waals surface area contributed by atoms with Crippen LogP contribution in [0.15, 0.2) is 54.6 Å². The summed E-state index contributed by atoms with van der Waals surface area (Å²) in [6.45, 7) is 0.491. The van der Waals surface area contributed by atoms with Crippen molar-refractivity contribution >= 4 is 6.29 Å². The maximum absolute atomic E-state index is 12.8. The maximum atomic E-state index is 12.8. The number of benzene rings is 4. The third-order valence-electron chi connectivity index (χ3n) is 9.89. The lowest BCUT2D eigenvalue weighted by Gasteiger charge is -2.44. The first-order chi connectivity index (χ1) is 23.5. The zero-order chi connectivity index (χ0) is 34.7. The molecular formula is C37H38N2O10. The number of ether oxygens (including phenoxy) is 5. The highest BCUT2D eigenvalue weighted by molar-refractivity contribution is 5.81. The molecule has 4 heterocycles. The number of nitrogens with zero attached hydrogens (tertiary/aromatic N) is 2. The molecule has 2 atom stereocenters. The summed E-state index contributed by atoms with van der Waals surface area (Å²) in [6, 6.07) is 15.6. The standard InChI is InChI=1S/C37H38N2O10/c1-38-13-12-26-31-33(35(47-4)34(46-3)32(26)41)49-29-17-27-23(16-24(29)20-40)11-14-39(44)36(27,42)18-21-5-8-25(9-6-21)48-30-15-22(19-37(31,38)43)7-10-28(30)45-2/h5-10,15-17,20,41-44H,11-14,18-19H2,1-4H3. The van der Waals surface area contributed by atoms with Gasteiger partial charge in [0.2, 0.25) is 11.5 Å². The Kier molecular flexibility index (Phi) is 8.16. The largest absolute Gasteiger partial charge is 0.504 e. The third-order valence-corrected chi connectivity index (χ3v) is 9.89. The number of phenols is 1. The Morgan fingerprint density at radius 3 is 2.22 bits per heavy atom. The lowest BCUT2D eigenvalue weighted by atomic mass is 9.83. The van der Waals surface area contributed by atoms with Gasteiger partial charge in [-0.15, -0.1) is 0 Å². The summed E-state index contributed by atoms with van der Waals surface area (Å²) >= 11 is 0. The lowest BCUT2D eigenvalue weighted by Crippen LogP contribution is -2.50. The van der Waals surface area contributed by atoms with Gasteiger partial charge in [0.05, 0.1) is 32.5 Å². The minimum Gasteiger partial charge on any atom is -0.504 e. The predicted molar refractivity (Wildman–Crippen MR) is 176 cm³/mol. The zero-order valence-electron chi connectivity index (χ0n) is 27.6. The number of hydrogen-bond acceptors (Lipinski definition) is 12. The Morgan fingerprint density at radius 1 is 0.816 bits per heavy atom. The maximum Gasteiger partial charge on any atom is 0.208 e. The smallest absolute Gasteiger partial charge is 0.208 e. The first-order valence-electron chi connectivity index (χ1n) is 15.9. The van der Waals surface area contributed by atoms with E-state index in [1.807, 2.05) is 6.07 Å². The monoisotopic (exact) mass is 670 g/mol. The minimum atomic E-state index is -1.89. The van der Waals surface area contributed by atoms with Gasteiger partial charge in [-0.05, 0) is 73.0 Å². The molecule has 0 fully saturated rings. The van der Waals surface area contributed by atoms with Gasteiger partial charge in [-0.25, -0.2) is 0 Å². The van der Waals surface area contributed by atoms with Crippen molar-refractivity contribution < 1.29 is 49.0 Å². The molecule has 4 aromatic rings. The van der Waals surface area contributed by atoms with Crippen molar-refractivity contribution in [2.45, 2.75) is 37.1 Å². The van der Waals surface area contributed by atoms with Crippen molar-refractivity contribution in [1.82, 2.24) is 9.96 Å². The number of carbonyl (C=O) groups excluding carboxylic acids is 1. The van der Waals surface area contributed by atoms with Gasteiger partial charge in [-0.3, -0.25) is 9.69 Å². The number of aliphatic hydroxyl groups is 2. The summed E-state index contributed by atoms with van der Waals surface area (Å²) in [5.41, 5.74) is -0.491. The van der Waals surface area contributed by atoms with E-state index >= 15 is 0 Å². The fourth-order valence-corrected chi connectivity index (χ4v) is 7.27. The molecule has 0 aromatic heterocycles. The summed E-state index contributed by atoms with van der Waals surface area (Å²) in [7, 11) is 6.07. The molecule has 6 bridgehead atoms. The van der Waals surface area contributed by atoms with Crippen molar-refractivity contribution in [3.8, 4) is 46.0 Å². The molecule has 12 heteroatoms. The summed E-state index contributed by atoms with van der Waals surface area (Å²) in [5.74, 6) is 1.24. The highest BCUT2D eigenvalue weighted by Gasteiger charge is 2.47. The van der Waals surface area contributed by atoms with Crippen LogP contribution in [-0.4, -0.2) is 78.2 Å². The molecule has 0 spiro atoms. The van der Waals surface area contributed by atoms with Gasteiger partial charge in [0.15, 0.2) is 40.7 Å². The van der Waals surface area contributed by atoms with E-state index in [0.717, 1.165) is 5.06 Å². The average Bonchev–Trinajstić information content (AvgIpc) is 3.09. The van der Waals surface area contributed by atoms with E-state index in [1.165, 1.54) is 27.4 Å². The Bertz CT molecular complexity index is 1950. The molecular weight excluding hydrogens is 632 g/mol. The van der Waals surface area contributed by atoms with Crippen LogP contribution in [0.1, 0.15) is 43.7 Å². The van der Waals surface area contributed by atoms with Gasteiger partial charge in [0.1, 0.15) is 11.5 Å². The van der Waals surface area contributed by atoms with Crippen LogP contribution in [-0.2, 0) is 37.1 Å². The van der Waals surface area contributed by atoms with Gasteiger partial charge in [-0.2, -0.15) is 5.06 Å². The van der Waals surface area contributed by atoms with Gasteiger partial charge in [-0.1, -0.05) is 18.2 Å². The Balaban J connectivity index is 1.54. The van der Waals surface area contributed by atoms with E-state index in [2.05, 4.69) is 0 Å². The lowest BCUT2D eigenvalue weighted by molar-refractivity contribution is -0.274. The second kappa shape index (κ2) is 12.2. The van der Waals surface area contributed by atoms with E-state index in [4.69, 9.17) is 23.7 Å². The number of hydroxylamine groups is 2. The van der Waals surface area contributed by atoms with Gasteiger partial charge >= 0.3 is 0 Å². The van der Waals surface area contributed by atoms with Crippen LogP contribution >= 0.6 is 0 Å². The number of likely N-dealkylation sites (N-methyl/N-ethyl adjacent to an activating group) is 1. The molecule has 256 valence electrons. The topological polar surface area (TPSA) is 151 Å². The molecule has 0 amide bonds.